The van der Waals surface area contributed by atoms with Crippen LogP contribution in [0.1, 0.15) is 25.0 Å². The Labute approximate surface area is 113 Å². The Morgan fingerprint density at radius 2 is 2.21 bits per heavy atom. The van der Waals surface area contributed by atoms with Gasteiger partial charge in [-0.05, 0) is 36.6 Å². The summed E-state index contributed by atoms with van der Waals surface area (Å²) in [5, 5.41) is 11.3. The minimum atomic E-state index is -0.456. The van der Waals surface area contributed by atoms with Crippen LogP contribution in [-0.4, -0.2) is 24.4 Å². The van der Waals surface area contributed by atoms with Gasteiger partial charge in [0, 0.05) is 11.3 Å². The van der Waals surface area contributed by atoms with Crippen LogP contribution in [-0.2, 0) is 4.74 Å². The molecule has 4 heteroatoms. The quantitative estimate of drug-likeness (QED) is 0.822. The average Bonchev–Trinajstić information content (AvgIpc) is 2.35. The van der Waals surface area contributed by atoms with E-state index in [0.29, 0.717) is 18.2 Å². The summed E-state index contributed by atoms with van der Waals surface area (Å²) in [6.45, 7) is 6.08. The second-order valence-electron chi connectivity index (χ2n) is 4.61. The van der Waals surface area contributed by atoms with Crippen molar-refractivity contribution < 1.29 is 14.6 Å². The van der Waals surface area contributed by atoms with Gasteiger partial charge >= 0.3 is 6.09 Å². The Balaban J connectivity index is 2.65. The first-order valence-corrected chi connectivity index (χ1v) is 6.17. The fourth-order valence-electron chi connectivity index (χ4n) is 1.41. The Morgan fingerprint density at radius 3 is 2.79 bits per heavy atom. The number of hydrogen-bond acceptors (Lipinski definition) is 3. The Hall–Kier alpha value is -1.99. The van der Waals surface area contributed by atoms with Gasteiger partial charge in [0.2, 0.25) is 0 Å². The Kier molecular flexibility index (Phi) is 5.91. The number of aryl methyl sites for hydroxylation is 1. The maximum Gasteiger partial charge on any atom is 0.411 e. The standard InChI is InChI=1S/C15H19NO3/c1-11(2)10-19-15(18)16-14-7-6-13(5-4-8-17)12(3)9-14/h6-7,9,11,17H,8,10H2,1-3H3,(H,16,18). The van der Waals surface area contributed by atoms with Crippen molar-refractivity contribution in [1.82, 2.24) is 0 Å². The molecule has 0 aliphatic rings. The molecule has 0 atom stereocenters. The first kappa shape index (κ1) is 15.1. The van der Waals surface area contributed by atoms with Crippen molar-refractivity contribution >= 4 is 11.8 Å². The average molecular weight is 261 g/mol. The summed E-state index contributed by atoms with van der Waals surface area (Å²) in [7, 11) is 0. The van der Waals surface area contributed by atoms with E-state index in [1.807, 2.05) is 26.8 Å². The van der Waals surface area contributed by atoms with Gasteiger partial charge in [0.1, 0.15) is 6.61 Å². The molecule has 0 unspecified atom stereocenters. The van der Waals surface area contributed by atoms with Crippen molar-refractivity contribution in [2.24, 2.45) is 5.92 Å². The lowest BCUT2D eigenvalue weighted by molar-refractivity contribution is 0.147. The summed E-state index contributed by atoms with van der Waals surface area (Å²) in [4.78, 5) is 11.5. The number of aliphatic hydroxyl groups excluding tert-OH is 1. The monoisotopic (exact) mass is 261 g/mol. The third-order valence-electron chi connectivity index (χ3n) is 2.32. The normalized spacial score (nSPS) is 9.74. The SMILES string of the molecule is Cc1cc(NC(=O)OCC(C)C)ccc1C#CCO. The third kappa shape index (κ3) is 5.45. The van der Waals surface area contributed by atoms with Crippen LogP contribution in [0, 0.1) is 24.7 Å². The van der Waals surface area contributed by atoms with E-state index in [-0.39, 0.29) is 6.61 Å². The molecule has 19 heavy (non-hydrogen) atoms. The summed E-state index contributed by atoms with van der Waals surface area (Å²) >= 11 is 0. The number of hydrogen-bond donors (Lipinski definition) is 2. The number of anilines is 1. The summed E-state index contributed by atoms with van der Waals surface area (Å²) in [6.07, 6.45) is -0.456. The van der Waals surface area contributed by atoms with Crippen LogP contribution in [0.4, 0.5) is 10.5 Å². The number of amides is 1. The van der Waals surface area contributed by atoms with Crippen molar-refractivity contribution in [3.05, 3.63) is 29.3 Å². The lowest BCUT2D eigenvalue weighted by Crippen LogP contribution is -2.16. The molecule has 0 fully saturated rings. The Morgan fingerprint density at radius 1 is 1.47 bits per heavy atom. The molecule has 0 aromatic heterocycles. The number of carbonyl (C=O) groups is 1. The molecule has 0 aliphatic heterocycles. The zero-order valence-corrected chi connectivity index (χ0v) is 11.5. The number of nitrogens with one attached hydrogen (secondary N) is 1. The minimum absolute atomic E-state index is 0.166. The van der Waals surface area contributed by atoms with Crippen molar-refractivity contribution in [1.29, 1.82) is 0 Å². The fourth-order valence-corrected chi connectivity index (χ4v) is 1.41. The predicted molar refractivity (Wildman–Crippen MR) is 75.0 cm³/mol. The lowest BCUT2D eigenvalue weighted by Gasteiger charge is -2.09. The van der Waals surface area contributed by atoms with E-state index >= 15 is 0 Å². The van der Waals surface area contributed by atoms with Crippen LogP contribution in [0.2, 0.25) is 0 Å². The molecule has 0 aliphatic carbocycles. The smallest absolute Gasteiger partial charge is 0.411 e. The molecule has 4 nitrogen and oxygen atoms in total. The third-order valence-corrected chi connectivity index (χ3v) is 2.32. The Bertz CT molecular complexity index is 498. The van der Waals surface area contributed by atoms with E-state index in [1.165, 1.54) is 0 Å². The van der Waals surface area contributed by atoms with E-state index < -0.39 is 6.09 Å². The van der Waals surface area contributed by atoms with Crippen LogP contribution in [0.3, 0.4) is 0 Å². The number of benzene rings is 1. The molecule has 0 heterocycles. The minimum Gasteiger partial charge on any atom is -0.449 e. The molecule has 1 aromatic carbocycles. The summed E-state index contributed by atoms with van der Waals surface area (Å²) in [5.74, 6) is 5.74. The molecule has 102 valence electrons. The maximum atomic E-state index is 11.5. The second kappa shape index (κ2) is 7.45. The van der Waals surface area contributed by atoms with E-state index in [9.17, 15) is 4.79 Å². The molecular formula is C15H19NO3. The molecule has 0 saturated carbocycles. The highest BCUT2D eigenvalue weighted by molar-refractivity contribution is 5.84. The van der Waals surface area contributed by atoms with Crippen LogP contribution in [0.15, 0.2) is 18.2 Å². The maximum absolute atomic E-state index is 11.5. The van der Waals surface area contributed by atoms with Gasteiger partial charge < -0.3 is 9.84 Å². The zero-order chi connectivity index (χ0) is 14.3. The highest BCUT2D eigenvalue weighted by Crippen LogP contribution is 2.14. The van der Waals surface area contributed by atoms with Gasteiger partial charge in [-0.3, -0.25) is 5.32 Å². The number of rotatable bonds is 3. The zero-order valence-electron chi connectivity index (χ0n) is 11.5. The summed E-state index contributed by atoms with van der Waals surface area (Å²) in [5.41, 5.74) is 2.43. The number of aliphatic hydroxyl groups is 1. The highest BCUT2D eigenvalue weighted by atomic mass is 16.5. The van der Waals surface area contributed by atoms with Gasteiger partial charge in [0.25, 0.3) is 0 Å². The van der Waals surface area contributed by atoms with Gasteiger partial charge in [-0.1, -0.05) is 25.7 Å². The number of ether oxygens (including phenoxy) is 1. The van der Waals surface area contributed by atoms with Crippen molar-refractivity contribution in [3.63, 3.8) is 0 Å². The van der Waals surface area contributed by atoms with Crippen molar-refractivity contribution in [2.45, 2.75) is 20.8 Å². The van der Waals surface area contributed by atoms with Crippen LogP contribution in [0.25, 0.3) is 0 Å². The van der Waals surface area contributed by atoms with E-state index in [4.69, 9.17) is 9.84 Å². The molecule has 0 spiro atoms. The van der Waals surface area contributed by atoms with Gasteiger partial charge in [0.15, 0.2) is 0 Å². The summed E-state index contributed by atoms with van der Waals surface area (Å²) < 4.78 is 5.03. The molecule has 0 saturated heterocycles. The van der Waals surface area contributed by atoms with Crippen LogP contribution >= 0.6 is 0 Å². The molecular weight excluding hydrogens is 242 g/mol. The van der Waals surface area contributed by atoms with Crippen molar-refractivity contribution in [3.8, 4) is 11.8 Å². The van der Waals surface area contributed by atoms with Gasteiger partial charge in [-0.25, -0.2) is 4.79 Å². The van der Waals surface area contributed by atoms with E-state index in [2.05, 4.69) is 17.2 Å². The molecule has 1 aromatic rings. The van der Waals surface area contributed by atoms with Crippen molar-refractivity contribution in [2.75, 3.05) is 18.5 Å². The molecule has 1 rings (SSSR count). The topological polar surface area (TPSA) is 58.6 Å². The lowest BCUT2D eigenvalue weighted by atomic mass is 10.1. The largest absolute Gasteiger partial charge is 0.449 e. The van der Waals surface area contributed by atoms with Gasteiger partial charge in [-0.2, -0.15) is 0 Å². The molecule has 0 bridgehead atoms. The fraction of sp³-hybridized carbons (Fsp3) is 0.400. The van der Waals surface area contributed by atoms with E-state index in [1.54, 1.807) is 12.1 Å². The molecule has 0 radical (unpaired) electrons. The van der Waals surface area contributed by atoms with Crippen LogP contribution < -0.4 is 5.32 Å². The van der Waals surface area contributed by atoms with Crippen LogP contribution in [0.5, 0.6) is 0 Å². The summed E-state index contributed by atoms with van der Waals surface area (Å²) in [6, 6.07) is 5.37. The molecule has 2 N–H and O–H groups in total. The number of carbonyl (C=O) groups excluding carboxylic acids is 1. The highest BCUT2D eigenvalue weighted by Gasteiger charge is 2.05. The van der Waals surface area contributed by atoms with Gasteiger partial charge in [0.05, 0.1) is 6.61 Å². The van der Waals surface area contributed by atoms with Gasteiger partial charge in [-0.15, -0.1) is 0 Å². The first-order valence-electron chi connectivity index (χ1n) is 6.17. The van der Waals surface area contributed by atoms with E-state index in [0.717, 1.165) is 11.1 Å². The predicted octanol–water partition coefficient (Wildman–Crippen LogP) is 2.54. The molecule has 1 amide bonds. The first-order chi connectivity index (χ1) is 9.02. The second-order valence-corrected chi connectivity index (χ2v) is 4.61.